The third kappa shape index (κ3) is 5.05. The van der Waals surface area contributed by atoms with Crippen molar-refractivity contribution in [3.05, 3.63) is 42.0 Å². The minimum Gasteiger partial charge on any atom is -0.461 e. The summed E-state index contributed by atoms with van der Waals surface area (Å²) < 4.78 is 5.31. The van der Waals surface area contributed by atoms with Gasteiger partial charge in [-0.05, 0) is 49.0 Å². The summed E-state index contributed by atoms with van der Waals surface area (Å²) in [5.74, 6) is 1.39. The SMILES string of the molecule is C=C(C)C(O)Oc1ccc(CCC(C)C)cc1. The van der Waals surface area contributed by atoms with Crippen LogP contribution in [-0.2, 0) is 6.42 Å². The molecule has 1 unspecified atom stereocenters. The van der Waals surface area contributed by atoms with Crippen LogP contribution in [-0.4, -0.2) is 11.4 Å². The van der Waals surface area contributed by atoms with Crippen LogP contribution < -0.4 is 4.74 Å². The van der Waals surface area contributed by atoms with Crippen molar-refractivity contribution in [2.75, 3.05) is 0 Å². The molecular weight excluding hydrogens is 212 g/mol. The highest BCUT2D eigenvalue weighted by Crippen LogP contribution is 2.17. The summed E-state index contributed by atoms with van der Waals surface area (Å²) in [5.41, 5.74) is 1.91. The van der Waals surface area contributed by atoms with Gasteiger partial charge in [-0.1, -0.05) is 32.6 Å². The maximum Gasteiger partial charge on any atom is 0.219 e. The zero-order chi connectivity index (χ0) is 12.8. The molecule has 0 aliphatic carbocycles. The maximum absolute atomic E-state index is 9.50. The average Bonchev–Trinajstić information content (AvgIpc) is 2.28. The maximum atomic E-state index is 9.50. The van der Waals surface area contributed by atoms with Gasteiger partial charge >= 0.3 is 0 Å². The summed E-state index contributed by atoms with van der Waals surface area (Å²) >= 11 is 0. The lowest BCUT2D eigenvalue weighted by Crippen LogP contribution is -2.15. The zero-order valence-electron chi connectivity index (χ0n) is 10.9. The van der Waals surface area contributed by atoms with Crippen molar-refractivity contribution in [3.8, 4) is 5.75 Å². The van der Waals surface area contributed by atoms with E-state index in [1.165, 1.54) is 12.0 Å². The minimum absolute atomic E-state index is 0.605. The number of hydrogen-bond donors (Lipinski definition) is 1. The van der Waals surface area contributed by atoms with Gasteiger partial charge in [0.25, 0.3) is 0 Å². The lowest BCUT2D eigenvalue weighted by atomic mass is 10.0. The molecule has 0 aliphatic heterocycles. The van der Waals surface area contributed by atoms with Crippen molar-refractivity contribution in [1.82, 2.24) is 0 Å². The van der Waals surface area contributed by atoms with Crippen LogP contribution in [0.5, 0.6) is 5.75 Å². The van der Waals surface area contributed by atoms with Gasteiger partial charge in [-0.25, -0.2) is 0 Å². The molecule has 1 atom stereocenters. The summed E-state index contributed by atoms with van der Waals surface area (Å²) in [6, 6.07) is 7.87. The van der Waals surface area contributed by atoms with E-state index in [0.717, 1.165) is 12.3 Å². The fourth-order valence-electron chi connectivity index (χ4n) is 1.42. The summed E-state index contributed by atoms with van der Waals surface area (Å²) in [4.78, 5) is 0. The lowest BCUT2D eigenvalue weighted by Gasteiger charge is -2.13. The van der Waals surface area contributed by atoms with Gasteiger partial charge in [0.05, 0.1) is 0 Å². The first kappa shape index (κ1) is 13.8. The molecule has 17 heavy (non-hydrogen) atoms. The van der Waals surface area contributed by atoms with E-state index in [0.29, 0.717) is 11.3 Å². The molecule has 0 saturated carbocycles. The molecule has 2 heteroatoms. The van der Waals surface area contributed by atoms with Crippen LogP contribution >= 0.6 is 0 Å². The van der Waals surface area contributed by atoms with E-state index in [2.05, 4.69) is 20.4 Å². The van der Waals surface area contributed by atoms with E-state index in [9.17, 15) is 5.11 Å². The standard InChI is InChI=1S/C15H22O2/c1-11(2)5-6-13-7-9-14(10-8-13)17-15(16)12(3)4/h7-11,15-16H,3,5-6H2,1-2,4H3. The number of hydrogen-bond acceptors (Lipinski definition) is 2. The van der Waals surface area contributed by atoms with Gasteiger partial charge in [0, 0.05) is 0 Å². The quantitative estimate of drug-likeness (QED) is 0.602. The van der Waals surface area contributed by atoms with Crippen molar-refractivity contribution >= 4 is 0 Å². The third-order valence-electron chi connectivity index (χ3n) is 2.60. The molecule has 2 nitrogen and oxygen atoms in total. The topological polar surface area (TPSA) is 29.5 Å². The first-order chi connectivity index (χ1) is 7.99. The van der Waals surface area contributed by atoms with Gasteiger partial charge in [0.1, 0.15) is 5.75 Å². The Kier molecular flexibility index (Phi) is 5.23. The molecule has 0 saturated heterocycles. The van der Waals surface area contributed by atoms with Crippen LogP contribution in [0.4, 0.5) is 0 Å². The molecular formula is C15H22O2. The zero-order valence-corrected chi connectivity index (χ0v) is 10.9. The van der Waals surface area contributed by atoms with Crippen molar-refractivity contribution in [3.63, 3.8) is 0 Å². The summed E-state index contributed by atoms with van der Waals surface area (Å²) in [6.07, 6.45) is 1.35. The smallest absolute Gasteiger partial charge is 0.219 e. The normalized spacial score (nSPS) is 12.5. The molecule has 0 spiro atoms. The molecule has 1 aromatic carbocycles. The van der Waals surface area contributed by atoms with Gasteiger partial charge in [0.2, 0.25) is 6.29 Å². The molecule has 0 aliphatic rings. The number of aliphatic hydroxyl groups excluding tert-OH is 1. The summed E-state index contributed by atoms with van der Waals surface area (Å²) in [6.45, 7) is 9.83. The predicted octanol–water partition coefficient (Wildman–Crippen LogP) is 3.55. The molecule has 0 bridgehead atoms. The van der Waals surface area contributed by atoms with E-state index in [1.54, 1.807) is 6.92 Å². The fourth-order valence-corrected chi connectivity index (χ4v) is 1.42. The Labute approximate surface area is 104 Å². The van der Waals surface area contributed by atoms with Crippen LogP contribution in [0.1, 0.15) is 32.8 Å². The average molecular weight is 234 g/mol. The van der Waals surface area contributed by atoms with E-state index >= 15 is 0 Å². The van der Waals surface area contributed by atoms with E-state index in [-0.39, 0.29) is 0 Å². The molecule has 0 heterocycles. The molecule has 94 valence electrons. The first-order valence-electron chi connectivity index (χ1n) is 6.08. The largest absolute Gasteiger partial charge is 0.461 e. The van der Waals surface area contributed by atoms with Crippen molar-refractivity contribution in [1.29, 1.82) is 0 Å². The van der Waals surface area contributed by atoms with E-state index in [1.807, 2.05) is 24.3 Å². The van der Waals surface area contributed by atoms with E-state index in [4.69, 9.17) is 4.74 Å². The highest BCUT2D eigenvalue weighted by atomic mass is 16.6. The van der Waals surface area contributed by atoms with Gasteiger partial charge < -0.3 is 9.84 Å². The third-order valence-corrected chi connectivity index (χ3v) is 2.60. The van der Waals surface area contributed by atoms with Crippen molar-refractivity contribution in [2.24, 2.45) is 5.92 Å². The second-order valence-corrected chi connectivity index (χ2v) is 4.89. The molecule has 0 aromatic heterocycles. The van der Waals surface area contributed by atoms with Gasteiger partial charge in [0.15, 0.2) is 0 Å². The Bertz CT molecular complexity index is 352. The van der Waals surface area contributed by atoms with Crippen LogP contribution in [0.15, 0.2) is 36.4 Å². The second kappa shape index (κ2) is 6.45. The fraction of sp³-hybridized carbons (Fsp3) is 0.467. The Balaban J connectivity index is 2.53. The molecule has 0 radical (unpaired) electrons. The van der Waals surface area contributed by atoms with Gasteiger partial charge in [-0.2, -0.15) is 0 Å². The Morgan fingerprint density at radius 3 is 2.35 bits per heavy atom. The lowest BCUT2D eigenvalue weighted by molar-refractivity contribution is 0.0151. The minimum atomic E-state index is -0.920. The van der Waals surface area contributed by atoms with Crippen LogP contribution in [0, 0.1) is 5.92 Å². The van der Waals surface area contributed by atoms with Gasteiger partial charge in [-0.3, -0.25) is 0 Å². The number of ether oxygens (including phenoxy) is 1. The Morgan fingerprint density at radius 2 is 1.88 bits per heavy atom. The molecule has 1 N–H and O–H groups in total. The predicted molar refractivity (Wildman–Crippen MR) is 71.0 cm³/mol. The number of aliphatic hydroxyl groups is 1. The highest BCUT2D eigenvalue weighted by Gasteiger charge is 2.05. The van der Waals surface area contributed by atoms with E-state index < -0.39 is 6.29 Å². The highest BCUT2D eigenvalue weighted by molar-refractivity contribution is 5.27. The molecule has 0 fully saturated rings. The van der Waals surface area contributed by atoms with Crippen LogP contribution in [0.2, 0.25) is 0 Å². The number of aryl methyl sites for hydroxylation is 1. The number of rotatable bonds is 6. The van der Waals surface area contributed by atoms with Crippen LogP contribution in [0.3, 0.4) is 0 Å². The van der Waals surface area contributed by atoms with Crippen LogP contribution in [0.25, 0.3) is 0 Å². The van der Waals surface area contributed by atoms with Gasteiger partial charge in [-0.15, -0.1) is 0 Å². The molecule has 1 aromatic rings. The summed E-state index contributed by atoms with van der Waals surface area (Å²) in [7, 11) is 0. The summed E-state index contributed by atoms with van der Waals surface area (Å²) in [5, 5.41) is 9.50. The Morgan fingerprint density at radius 1 is 1.29 bits per heavy atom. The molecule has 0 amide bonds. The first-order valence-corrected chi connectivity index (χ1v) is 6.08. The second-order valence-electron chi connectivity index (χ2n) is 4.89. The van der Waals surface area contributed by atoms with Crippen molar-refractivity contribution in [2.45, 2.75) is 39.9 Å². The monoisotopic (exact) mass is 234 g/mol. The molecule has 1 rings (SSSR count). The number of benzene rings is 1. The van der Waals surface area contributed by atoms with Crippen molar-refractivity contribution < 1.29 is 9.84 Å². The Hall–Kier alpha value is -1.28.